The predicted octanol–water partition coefficient (Wildman–Crippen LogP) is 3.85. The smallest absolute Gasteiger partial charge is 0.303 e. The van der Waals surface area contributed by atoms with E-state index >= 15 is 0 Å². The van der Waals surface area contributed by atoms with E-state index in [0.29, 0.717) is 37.2 Å². The van der Waals surface area contributed by atoms with Crippen molar-refractivity contribution in [3.63, 3.8) is 0 Å². The summed E-state index contributed by atoms with van der Waals surface area (Å²) in [6, 6.07) is 5.65. The van der Waals surface area contributed by atoms with E-state index in [9.17, 15) is 19.1 Å². The molecule has 28 heavy (non-hydrogen) atoms. The molecule has 1 aliphatic rings. The third-order valence-corrected chi connectivity index (χ3v) is 6.18. The fraction of sp³-hybridized carbons (Fsp3) is 0.524. The number of allylic oxidation sites excluding steroid dienone is 2. The van der Waals surface area contributed by atoms with E-state index in [1.54, 1.807) is 11.8 Å². The number of halogens is 1. The number of hydrogen-bond acceptors (Lipinski definition) is 5. The first-order chi connectivity index (χ1) is 13.5. The van der Waals surface area contributed by atoms with Crippen LogP contribution in [0, 0.1) is 11.7 Å². The third kappa shape index (κ3) is 8.02. The molecule has 0 amide bonds. The number of hydrogen-bond donors (Lipinski definition) is 2. The average molecular weight is 411 g/mol. The summed E-state index contributed by atoms with van der Waals surface area (Å²) in [6.07, 6.45) is 6.74. The number of carbonyl (C=O) groups is 2. The highest BCUT2D eigenvalue weighted by Crippen LogP contribution is 2.35. The van der Waals surface area contributed by atoms with Crippen LogP contribution in [0.5, 0.6) is 5.75 Å². The van der Waals surface area contributed by atoms with E-state index in [2.05, 4.69) is 0 Å². The highest BCUT2D eigenvalue weighted by Gasteiger charge is 2.34. The molecule has 1 saturated carbocycles. The third-order valence-electron chi connectivity index (χ3n) is 4.61. The van der Waals surface area contributed by atoms with E-state index in [1.807, 2.05) is 12.2 Å². The minimum Gasteiger partial charge on any atom is -0.491 e. The van der Waals surface area contributed by atoms with E-state index in [-0.39, 0.29) is 35.8 Å². The number of ketones is 1. The van der Waals surface area contributed by atoms with Crippen LogP contribution in [-0.2, 0) is 9.59 Å². The second-order valence-corrected chi connectivity index (χ2v) is 8.17. The summed E-state index contributed by atoms with van der Waals surface area (Å²) >= 11 is 1.59. The van der Waals surface area contributed by atoms with Crippen LogP contribution in [0.15, 0.2) is 36.4 Å². The van der Waals surface area contributed by atoms with Crippen LogP contribution in [-0.4, -0.2) is 45.7 Å². The molecule has 0 bridgehead atoms. The molecule has 154 valence electrons. The number of ether oxygens (including phenoxy) is 1. The molecule has 1 aliphatic carbocycles. The number of benzene rings is 1. The lowest BCUT2D eigenvalue weighted by Crippen LogP contribution is -2.23. The van der Waals surface area contributed by atoms with Crippen molar-refractivity contribution in [2.75, 3.05) is 12.4 Å². The second-order valence-electron chi connectivity index (χ2n) is 6.90. The maximum absolute atomic E-state index is 12.9. The van der Waals surface area contributed by atoms with Gasteiger partial charge < -0.3 is 14.9 Å². The number of thioether (sulfide) groups is 1. The number of unbranched alkanes of at least 4 members (excludes halogenated alkanes) is 1. The van der Waals surface area contributed by atoms with Crippen LogP contribution in [0.1, 0.15) is 38.5 Å². The van der Waals surface area contributed by atoms with Crippen molar-refractivity contribution in [3.8, 4) is 5.75 Å². The molecule has 1 aromatic rings. The van der Waals surface area contributed by atoms with Crippen LogP contribution in [0.25, 0.3) is 0 Å². The van der Waals surface area contributed by atoms with Gasteiger partial charge in [0.1, 0.15) is 24.0 Å². The van der Waals surface area contributed by atoms with Crippen molar-refractivity contribution in [1.82, 2.24) is 0 Å². The summed E-state index contributed by atoms with van der Waals surface area (Å²) in [4.78, 5) is 22.6. The second kappa shape index (κ2) is 11.9. The van der Waals surface area contributed by atoms with Gasteiger partial charge in [-0.1, -0.05) is 12.2 Å². The molecule has 2 rings (SSSR count). The van der Waals surface area contributed by atoms with E-state index < -0.39 is 12.1 Å². The Hall–Kier alpha value is -1.86. The van der Waals surface area contributed by atoms with Gasteiger partial charge in [0.2, 0.25) is 0 Å². The Kier molecular flexibility index (Phi) is 9.50. The minimum atomic E-state index is -0.794. The Balaban J connectivity index is 1.69. The van der Waals surface area contributed by atoms with E-state index in [0.717, 1.165) is 6.42 Å². The van der Waals surface area contributed by atoms with Crippen LogP contribution in [0.4, 0.5) is 4.39 Å². The van der Waals surface area contributed by atoms with Gasteiger partial charge in [-0.3, -0.25) is 9.59 Å². The monoisotopic (exact) mass is 410 g/mol. The normalized spacial score (nSPS) is 20.6. The number of carbonyl (C=O) groups excluding carboxylic acids is 1. The molecule has 1 fully saturated rings. The lowest BCUT2D eigenvalue weighted by atomic mass is 10.0. The van der Waals surface area contributed by atoms with E-state index in [4.69, 9.17) is 9.84 Å². The first-order valence-electron chi connectivity index (χ1n) is 9.53. The first-order valence-corrected chi connectivity index (χ1v) is 10.6. The van der Waals surface area contributed by atoms with Crippen molar-refractivity contribution < 1.29 is 28.9 Å². The molecule has 5 nitrogen and oxygen atoms in total. The van der Waals surface area contributed by atoms with Crippen LogP contribution < -0.4 is 4.74 Å². The van der Waals surface area contributed by atoms with Gasteiger partial charge in [-0.25, -0.2) is 4.39 Å². The molecule has 0 aromatic heterocycles. The molecule has 1 aromatic carbocycles. The number of aliphatic hydroxyl groups excluding tert-OH is 1. The molecule has 0 unspecified atom stereocenters. The quantitative estimate of drug-likeness (QED) is 0.402. The zero-order chi connectivity index (χ0) is 20.4. The van der Waals surface area contributed by atoms with Crippen molar-refractivity contribution in [1.29, 1.82) is 0 Å². The van der Waals surface area contributed by atoms with Gasteiger partial charge in [-0.05, 0) is 49.9 Å². The Morgan fingerprint density at radius 1 is 1.32 bits per heavy atom. The molecule has 7 heteroatoms. The SMILES string of the molecule is O=C(O)CCC/C=C\C[C@H]1C(=O)CC[C@@H]1SC[C@@H](O)COc1ccc(F)cc1. The number of carboxylic acids is 1. The number of rotatable bonds is 12. The van der Waals surface area contributed by atoms with Crippen molar-refractivity contribution in [2.45, 2.75) is 49.9 Å². The number of Topliss-reactive ketones (excluding diaryl/α,β-unsaturated/α-hetero) is 1. The molecule has 0 heterocycles. The molecule has 0 radical (unpaired) electrons. The summed E-state index contributed by atoms with van der Waals surface area (Å²) in [5, 5.41) is 18.9. The highest BCUT2D eigenvalue weighted by molar-refractivity contribution is 8.00. The van der Waals surface area contributed by atoms with Gasteiger partial charge in [0, 0.05) is 29.8 Å². The molecule has 3 atom stereocenters. The fourth-order valence-corrected chi connectivity index (χ4v) is 4.44. The Morgan fingerprint density at radius 2 is 2.07 bits per heavy atom. The zero-order valence-corrected chi connectivity index (χ0v) is 16.6. The fourth-order valence-electron chi connectivity index (χ4n) is 3.10. The molecular weight excluding hydrogens is 383 g/mol. The Bertz CT molecular complexity index is 661. The molecule has 0 spiro atoms. The van der Waals surface area contributed by atoms with Crippen LogP contribution in [0.3, 0.4) is 0 Å². The average Bonchev–Trinajstić information content (AvgIpc) is 3.02. The summed E-state index contributed by atoms with van der Waals surface area (Å²) in [7, 11) is 0. The molecule has 2 N–H and O–H groups in total. The summed E-state index contributed by atoms with van der Waals surface area (Å²) in [5.74, 6) is 0.0510. The van der Waals surface area contributed by atoms with Crippen molar-refractivity contribution in [3.05, 3.63) is 42.2 Å². The zero-order valence-electron chi connectivity index (χ0n) is 15.8. The number of carboxylic acid groups (broad SMARTS) is 1. The summed E-state index contributed by atoms with van der Waals surface area (Å²) in [6.45, 7) is 0.118. The maximum Gasteiger partial charge on any atom is 0.303 e. The topological polar surface area (TPSA) is 83.8 Å². The van der Waals surface area contributed by atoms with Gasteiger partial charge in [0.15, 0.2) is 0 Å². The lowest BCUT2D eigenvalue weighted by molar-refractivity contribution is -0.137. The minimum absolute atomic E-state index is 0.0501. The molecule has 0 aliphatic heterocycles. The van der Waals surface area contributed by atoms with Crippen molar-refractivity contribution in [2.24, 2.45) is 5.92 Å². The predicted molar refractivity (Wildman–Crippen MR) is 107 cm³/mol. The summed E-state index contributed by atoms with van der Waals surface area (Å²) < 4.78 is 18.3. The van der Waals surface area contributed by atoms with E-state index in [1.165, 1.54) is 24.3 Å². The Labute approximate surface area is 169 Å². The van der Waals surface area contributed by atoms with Gasteiger partial charge in [0.25, 0.3) is 0 Å². The molecular formula is C21H27FO5S. The maximum atomic E-state index is 12.9. The van der Waals surface area contributed by atoms with Gasteiger partial charge in [-0.2, -0.15) is 11.8 Å². The van der Waals surface area contributed by atoms with Gasteiger partial charge in [0.05, 0.1) is 6.10 Å². The summed E-state index contributed by atoms with van der Waals surface area (Å²) in [5.41, 5.74) is 0. The van der Waals surface area contributed by atoms with Crippen molar-refractivity contribution >= 4 is 23.5 Å². The van der Waals surface area contributed by atoms with Gasteiger partial charge in [-0.15, -0.1) is 0 Å². The highest BCUT2D eigenvalue weighted by atomic mass is 32.2. The number of aliphatic hydroxyl groups is 1. The first kappa shape index (κ1) is 22.4. The molecule has 0 saturated heterocycles. The van der Waals surface area contributed by atoms with Crippen LogP contribution >= 0.6 is 11.8 Å². The Morgan fingerprint density at radius 3 is 2.79 bits per heavy atom. The van der Waals surface area contributed by atoms with Gasteiger partial charge >= 0.3 is 5.97 Å². The number of aliphatic carboxylic acids is 1. The standard InChI is InChI=1S/C21H27FO5S/c22-15-7-9-17(10-8-15)27-13-16(23)14-28-20-12-11-19(24)18(20)5-3-1-2-4-6-21(25)26/h1,3,7-10,16,18,20,23H,2,4-6,11-14H2,(H,25,26)/b3-1-/t16-,18-,20-/m0/s1. The lowest BCUT2D eigenvalue weighted by Gasteiger charge is -2.19. The largest absolute Gasteiger partial charge is 0.491 e. The van der Waals surface area contributed by atoms with Crippen LogP contribution in [0.2, 0.25) is 0 Å².